The van der Waals surface area contributed by atoms with Crippen molar-refractivity contribution >= 4 is 34.1 Å². The van der Waals surface area contributed by atoms with Crippen molar-refractivity contribution in [3.05, 3.63) is 34.2 Å². The SMILES string of the molecule is Cc1nc(Cl)nc2c(Cl)cccc12. The van der Waals surface area contributed by atoms with Crippen LogP contribution in [0.4, 0.5) is 0 Å². The van der Waals surface area contributed by atoms with Crippen LogP contribution in [0.25, 0.3) is 10.9 Å². The van der Waals surface area contributed by atoms with E-state index in [-0.39, 0.29) is 5.28 Å². The molecule has 1 heterocycles. The number of aryl methyl sites for hydroxylation is 1. The molecule has 1 aromatic carbocycles. The Kier molecular flexibility index (Phi) is 2.10. The van der Waals surface area contributed by atoms with Gasteiger partial charge in [-0.3, -0.25) is 0 Å². The first-order valence-electron chi connectivity index (χ1n) is 3.77. The molecule has 0 bridgehead atoms. The van der Waals surface area contributed by atoms with E-state index in [0.717, 1.165) is 11.1 Å². The van der Waals surface area contributed by atoms with Crippen molar-refractivity contribution in [3.8, 4) is 0 Å². The third kappa shape index (κ3) is 1.47. The fraction of sp³-hybridized carbons (Fsp3) is 0.111. The summed E-state index contributed by atoms with van der Waals surface area (Å²) >= 11 is 11.7. The number of halogens is 2. The van der Waals surface area contributed by atoms with Crippen LogP contribution < -0.4 is 0 Å². The van der Waals surface area contributed by atoms with Gasteiger partial charge in [-0.05, 0) is 24.6 Å². The lowest BCUT2D eigenvalue weighted by Gasteiger charge is -2.02. The van der Waals surface area contributed by atoms with Crippen molar-refractivity contribution < 1.29 is 0 Å². The summed E-state index contributed by atoms with van der Waals surface area (Å²) in [5.74, 6) is 0. The lowest BCUT2D eigenvalue weighted by molar-refractivity contribution is 1.15. The van der Waals surface area contributed by atoms with Gasteiger partial charge in [0.25, 0.3) is 0 Å². The van der Waals surface area contributed by atoms with Crippen LogP contribution in [-0.2, 0) is 0 Å². The average molecular weight is 213 g/mol. The summed E-state index contributed by atoms with van der Waals surface area (Å²) in [5, 5.41) is 1.78. The Bertz CT molecular complexity index is 468. The molecule has 0 spiro atoms. The number of nitrogens with zero attached hydrogens (tertiary/aromatic N) is 2. The number of fused-ring (bicyclic) bond motifs is 1. The van der Waals surface area contributed by atoms with E-state index in [0.29, 0.717) is 10.5 Å². The van der Waals surface area contributed by atoms with Gasteiger partial charge in [-0.25, -0.2) is 9.97 Å². The van der Waals surface area contributed by atoms with Gasteiger partial charge in [0.2, 0.25) is 5.28 Å². The Labute approximate surface area is 85.5 Å². The third-order valence-corrected chi connectivity index (χ3v) is 2.31. The highest BCUT2D eigenvalue weighted by Gasteiger charge is 2.04. The van der Waals surface area contributed by atoms with Crippen LogP contribution in [0.3, 0.4) is 0 Å². The van der Waals surface area contributed by atoms with E-state index >= 15 is 0 Å². The van der Waals surface area contributed by atoms with Gasteiger partial charge in [-0.15, -0.1) is 0 Å². The van der Waals surface area contributed by atoms with Crippen LogP contribution >= 0.6 is 23.2 Å². The fourth-order valence-electron chi connectivity index (χ4n) is 1.24. The van der Waals surface area contributed by atoms with Crippen LogP contribution in [0.1, 0.15) is 5.69 Å². The second kappa shape index (κ2) is 3.13. The lowest BCUT2D eigenvalue weighted by Crippen LogP contribution is -1.89. The Balaban J connectivity index is 2.94. The second-order valence-electron chi connectivity index (χ2n) is 2.71. The highest BCUT2D eigenvalue weighted by Crippen LogP contribution is 2.23. The van der Waals surface area contributed by atoms with Gasteiger partial charge in [0.05, 0.1) is 16.2 Å². The molecule has 0 radical (unpaired) electrons. The summed E-state index contributed by atoms with van der Waals surface area (Å²) in [6.45, 7) is 1.88. The average Bonchev–Trinajstić information content (AvgIpc) is 2.07. The van der Waals surface area contributed by atoms with Gasteiger partial charge >= 0.3 is 0 Å². The molecule has 13 heavy (non-hydrogen) atoms. The molecule has 0 aliphatic carbocycles. The minimum absolute atomic E-state index is 0.234. The quantitative estimate of drug-likeness (QED) is 0.627. The van der Waals surface area contributed by atoms with Gasteiger partial charge in [0.15, 0.2) is 0 Å². The number of hydrogen-bond acceptors (Lipinski definition) is 2. The standard InChI is InChI=1S/C9H6Cl2N2/c1-5-6-3-2-4-7(10)8(6)13-9(11)12-5/h2-4H,1H3. The molecule has 0 unspecified atom stereocenters. The van der Waals surface area contributed by atoms with E-state index in [1.165, 1.54) is 0 Å². The zero-order valence-corrected chi connectivity index (χ0v) is 8.39. The lowest BCUT2D eigenvalue weighted by atomic mass is 10.2. The highest BCUT2D eigenvalue weighted by molar-refractivity contribution is 6.35. The van der Waals surface area contributed by atoms with Crippen LogP contribution in [0, 0.1) is 6.92 Å². The van der Waals surface area contributed by atoms with E-state index in [9.17, 15) is 0 Å². The van der Waals surface area contributed by atoms with Crippen molar-refractivity contribution in [2.24, 2.45) is 0 Å². The Morgan fingerprint density at radius 2 is 1.92 bits per heavy atom. The van der Waals surface area contributed by atoms with Crippen LogP contribution in [0.2, 0.25) is 10.3 Å². The molecule has 2 aromatic rings. The minimum Gasteiger partial charge on any atom is -0.223 e. The summed E-state index contributed by atoms with van der Waals surface area (Å²) in [6.07, 6.45) is 0. The number of rotatable bonds is 0. The first kappa shape index (κ1) is 8.73. The smallest absolute Gasteiger partial charge is 0.223 e. The molecule has 0 fully saturated rings. The van der Waals surface area contributed by atoms with Gasteiger partial charge in [-0.2, -0.15) is 0 Å². The summed E-state index contributed by atoms with van der Waals surface area (Å²) < 4.78 is 0. The maximum absolute atomic E-state index is 5.95. The minimum atomic E-state index is 0.234. The molecular formula is C9H6Cl2N2. The van der Waals surface area contributed by atoms with Crippen molar-refractivity contribution in [2.75, 3.05) is 0 Å². The van der Waals surface area contributed by atoms with E-state index in [1.54, 1.807) is 6.07 Å². The number of aromatic nitrogens is 2. The summed E-state index contributed by atoms with van der Waals surface area (Å²) in [4.78, 5) is 8.10. The monoisotopic (exact) mass is 212 g/mol. The molecule has 0 aliphatic rings. The van der Waals surface area contributed by atoms with Crippen molar-refractivity contribution in [1.82, 2.24) is 9.97 Å². The number of benzene rings is 1. The van der Waals surface area contributed by atoms with Crippen LogP contribution in [0.15, 0.2) is 18.2 Å². The third-order valence-electron chi connectivity index (χ3n) is 1.84. The Morgan fingerprint density at radius 3 is 2.69 bits per heavy atom. The fourth-order valence-corrected chi connectivity index (χ4v) is 1.66. The predicted molar refractivity (Wildman–Crippen MR) is 54.3 cm³/mol. The normalized spacial score (nSPS) is 10.7. The molecule has 0 saturated carbocycles. The molecule has 2 rings (SSSR count). The number of para-hydroxylation sites is 1. The topological polar surface area (TPSA) is 25.8 Å². The summed E-state index contributed by atoms with van der Waals surface area (Å²) in [5.41, 5.74) is 1.55. The maximum Gasteiger partial charge on any atom is 0.223 e. The number of hydrogen-bond donors (Lipinski definition) is 0. The van der Waals surface area contributed by atoms with Gasteiger partial charge in [-0.1, -0.05) is 23.7 Å². The van der Waals surface area contributed by atoms with Gasteiger partial charge in [0.1, 0.15) is 0 Å². The van der Waals surface area contributed by atoms with E-state index in [4.69, 9.17) is 23.2 Å². The molecule has 0 saturated heterocycles. The zero-order chi connectivity index (χ0) is 9.42. The van der Waals surface area contributed by atoms with Crippen LogP contribution in [0.5, 0.6) is 0 Å². The highest BCUT2D eigenvalue weighted by atomic mass is 35.5. The first-order valence-corrected chi connectivity index (χ1v) is 4.52. The molecule has 0 atom stereocenters. The molecule has 2 nitrogen and oxygen atoms in total. The molecule has 0 amide bonds. The Hall–Kier alpha value is -0.860. The molecule has 0 N–H and O–H groups in total. The van der Waals surface area contributed by atoms with E-state index in [2.05, 4.69) is 9.97 Å². The van der Waals surface area contributed by atoms with Crippen molar-refractivity contribution in [1.29, 1.82) is 0 Å². The summed E-state index contributed by atoms with van der Waals surface area (Å²) in [6, 6.07) is 5.58. The van der Waals surface area contributed by atoms with Crippen molar-refractivity contribution in [2.45, 2.75) is 6.92 Å². The van der Waals surface area contributed by atoms with Crippen molar-refractivity contribution in [3.63, 3.8) is 0 Å². The van der Waals surface area contributed by atoms with E-state index < -0.39 is 0 Å². The zero-order valence-electron chi connectivity index (χ0n) is 6.88. The largest absolute Gasteiger partial charge is 0.223 e. The maximum atomic E-state index is 5.95. The second-order valence-corrected chi connectivity index (χ2v) is 3.46. The van der Waals surface area contributed by atoms with Gasteiger partial charge in [0, 0.05) is 5.39 Å². The summed E-state index contributed by atoms with van der Waals surface area (Å²) in [7, 11) is 0. The predicted octanol–water partition coefficient (Wildman–Crippen LogP) is 3.25. The molecule has 4 heteroatoms. The molecule has 1 aromatic heterocycles. The molecule has 66 valence electrons. The first-order chi connectivity index (χ1) is 6.18. The molecular weight excluding hydrogens is 207 g/mol. The molecule has 0 aliphatic heterocycles. The van der Waals surface area contributed by atoms with Gasteiger partial charge < -0.3 is 0 Å². The van der Waals surface area contributed by atoms with Crippen LogP contribution in [-0.4, -0.2) is 9.97 Å². The Morgan fingerprint density at radius 1 is 1.15 bits per heavy atom. The van der Waals surface area contributed by atoms with E-state index in [1.807, 2.05) is 19.1 Å².